The molecule has 0 amide bonds. The highest BCUT2D eigenvalue weighted by Gasteiger charge is 2.28. The molecule has 0 aromatic heterocycles. The predicted octanol–water partition coefficient (Wildman–Crippen LogP) is 0.684. The van der Waals surface area contributed by atoms with Crippen molar-refractivity contribution in [2.75, 3.05) is 12.3 Å². The van der Waals surface area contributed by atoms with Crippen molar-refractivity contribution in [2.24, 2.45) is 0 Å². The van der Waals surface area contributed by atoms with Crippen LogP contribution < -0.4 is 5.32 Å². The summed E-state index contributed by atoms with van der Waals surface area (Å²) >= 11 is 1.66. The largest absolute Gasteiger partial charge is 0.301 e. The molecule has 1 saturated heterocycles. The third-order valence-corrected chi connectivity index (χ3v) is 3.14. The summed E-state index contributed by atoms with van der Waals surface area (Å²) in [6.45, 7) is 2.84. The lowest BCUT2D eigenvalue weighted by molar-refractivity contribution is 0.178. The lowest BCUT2D eigenvalue weighted by Gasteiger charge is -2.19. The highest BCUT2D eigenvalue weighted by atomic mass is 32.2. The topological polar surface area (TPSA) is 38.3 Å². The molecule has 1 aliphatic rings. The van der Waals surface area contributed by atoms with Gasteiger partial charge in [-0.1, -0.05) is 0 Å². The van der Waals surface area contributed by atoms with Crippen molar-refractivity contribution in [2.45, 2.75) is 12.0 Å². The molecule has 2 atom stereocenters. The summed E-state index contributed by atoms with van der Waals surface area (Å²) in [5, 5.41) is 2.73. The lowest BCUT2D eigenvalue weighted by atomic mass is 10.6. The molecule has 5 heteroatoms. The summed E-state index contributed by atoms with van der Waals surface area (Å²) in [5.74, 6) is 1.04. The normalized spacial score (nSPS) is 36.6. The van der Waals surface area contributed by atoms with Crippen LogP contribution in [0.2, 0.25) is 0 Å². The molecule has 9 heavy (non-hydrogen) atoms. The Morgan fingerprint density at radius 1 is 1.89 bits per heavy atom. The van der Waals surface area contributed by atoms with Crippen LogP contribution >= 0.6 is 20.4 Å². The highest BCUT2D eigenvalue weighted by Crippen LogP contribution is 2.30. The minimum Gasteiger partial charge on any atom is -0.301 e. The molecule has 2 unspecified atom stereocenters. The molecule has 0 spiro atoms. The minimum atomic E-state index is -1.09. The zero-order chi connectivity index (χ0) is 6.74. The average Bonchev–Trinajstić information content (AvgIpc) is 2.16. The summed E-state index contributed by atoms with van der Waals surface area (Å²) in [5.41, 5.74) is 0. The van der Waals surface area contributed by atoms with E-state index in [9.17, 15) is 4.57 Å². The fourth-order valence-electron chi connectivity index (χ4n) is 0.742. The Balaban J connectivity index is 2.40. The van der Waals surface area contributed by atoms with Crippen LogP contribution in [0, 0.1) is 0 Å². The van der Waals surface area contributed by atoms with Gasteiger partial charge < -0.3 is 4.52 Å². The van der Waals surface area contributed by atoms with Gasteiger partial charge in [0.15, 0.2) is 13.7 Å². The van der Waals surface area contributed by atoms with E-state index in [0.717, 1.165) is 12.3 Å². The molecule has 1 fully saturated rings. The zero-order valence-corrected chi connectivity index (χ0v) is 7.19. The third kappa shape index (κ3) is 1.97. The van der Waals surface area contributed by atoms with Gasteiger partial charge in [0.2, 0.25) is 0 Å². The Morgan fingerprint density at radius 3 is 3.11 bits per heavy atom. The molecule has 0 bridgehead atoms. The van der Waals surface area contributed by atoms with E-state index in [1.54, 1.807) is 11.8 Å². The van der Waals surface area contributed by atoms with Crippen LogP contribution in [-0.4, -0.2) is 17.4 Å². The van der Waals surface area contributed by atoms with Crippen molar-refractivity contribution in [3.8, 4) is 0 Å². The Bertz CT molecular complexity index is 115. The number of thioether (sulfide) groups is 1. The number of hydrogen-bond donors (Lipinski definition) is 1. The van der Waals surface area contributed by atoms with Gasteiger partial charge in [0.1, 0.15) is 0 Å². The van der Waals surface area contributed by atoms with Crippen molar-refractivity contribution in [3.63, 3.8) is 0 Å². The first kappa shape index (κ1) is 7.61. The fraction of sp³-hybridized carbons (Fsp3) is 1.00. The summed E-state index contributed by atoms with van der Waals surface area (Å²) < 4.78 is 15.1. The van der Waals surface area contributed by atoms with Crippen molar-refractivity contribution in [1.82, 2.24) is 5.32 Å². The van der Waals surface area contributed by atoms with Gasteiger partial charge in [-0.15, -0.1) is 11.8 Å². The van der Waals surface area contributed by atoms with Crippen molar-refractivity contribution >= 4 is 20.4 Å². The molecule has 0 aromatic carbocycles. The molecule has 54 valence electrons. The molecule has 0 radical (unpaired) electrons. The molecule has 3 nitrogen and oxygen atoms in total. The standard InChI is InChI=1S/C4H10NO2PS/c1-4(7-8-6)5-2-3-9-4/h5H,2-3,8H2,1H3. The maximum Gasteiger partial charge on any atom is 0.182 e. The SMILES string of the molecule is CC1(O[PH2]=O)NCCS1. The van der Waals surface area contributed by atoms with Gasteiger partial charge in [-0.05, 0) is 6.92 Å². The van der Waals surface area contributed by atoms with Crippen molar-refractivity contribution < 1.29 is 9.09 Å². The molecule has 0 aliphatic carbocycles. The Hall–Kier alpha value is 0.500. The van der Waals surface area contributed by atoms with E-state index in [4.69, 9.17) is 4.52 Å². The number of nitrogens with one attached hydrogen (secondary N) is 1. The summed E-state index contributed by atoms with van der Waals surface area (Å²) in [6, 6.07) is 0. The molecule has 0 aromatic rings. The quantitative estimate of drug-likeness (QED) is 0.614. The summed E-state index contributed by atoms with van der Waals surface area (Å²) in [6.07, 6.45) is 0. The fourth-order valence-corrected chi connectivity index (χ4v) is 2.20. The molecule has 1 N–H and O–H groups in total. The van der Waals surface area contributed by atoms with E-state index < -0.39 is 8.69 Å². The van der Waals surface area contributed by atoms with Crippen LogP contribution in [0.25, 0.3) is 0 Å². The molecule has 1 aliphatic heterocycles. The van der Waals surface area contributed by atoms with Crippen LogP contribution in [0.3, 0.4) is 0 Å². The van der Waals surface area contributed by atoms with Crippen LogP contribution in [0.1, 0.15) is 6.92 Å². The monoisotopic (exact) mass is 167 g/mol. The lowest BCUT2D eigenvalue weighted by Crippen LogP contribution is -2.33. The van der Waals surface area contributed by atoms with E-state index in [-0.39, 0.29) is 5.06 Å². The molecule has 1 heterocycles. The zero-order valence-electron chi connectivity index (χ0n) is 5.22. The van der Waals surface area contributed by atoms with Gasteiger partial charge in [0.25, 0.3) is 0 Å². The second kappa shape index (κ2) is 3.06. The Morgan fingerprint density at radius 2 is 2.67 bits per heavy atom. The van der Waals surface area contributed by atoms with Gasteiger partial charge in [-0.3, -0.25) is 9.88 Å². The first-order valence-electron chi connectivity index (χ1n) is 2.77. The molecular weight excluding hydrogens is 157 g/mol. The minimum absolute atomic E-state index is 0.364. The predicted molar refractivity (Wildman–Crippen MR) is 40.3 cm³/mol. The van der Waals surface area contributed by atoms with Crippen LogP contribution in [0.15, 0.2) is 0 Å². The van der Waals surface area contributed by atoms with Crippen molar-refractivity contribution in [3.05, 3.63) is 0 Å². The van der Waals surface area contributed by atoms with Crippen LogP contribution in [0.4, 0.5) is 0 Å². The van der Waals surface area contributed by atoms with E-state index >= 15 is 0 Å². The van der Waals surface area contributed by atoms with Crippen LogP contribution in [-0.2, 0) is 9.09 Å². The van der Waals surface area contributed by atoms with Gasteiger partial charge in [-0.25, -0.2) is 0 Å². The summed E-state index contributed by atoms with van der Waals surface area (Å²) in [7, 11) is -1.09. The highest BCUT2D eigenvalue weighted by molar-refractivity contribution is 8.00. The molecule has 1 rings (SSSR count). The summed E-state index contributed by atoms with van der Waals surface area (Å²) in [4.78, 5) is 0. The van der Waals surface area contributed by atoms with Crippen LogP contribution in [0.5, 0.6) is 0 Å². The van der Waals surface area contributed by atoms with E-state index in [0.29, 0.717) is 0 Å². The second-order valence-electron chi connectivity index (χ2n) is 1.94. The van der Waals surface area contributed by atoms with E-state index in [2.05, 4.69) is 5.32 Å². The first-order chi connectivity index (χ1) is 4.27. The number of rotatable bonds is 2. The Kier molecular flexibility index (Phi) is 2.59. The van der Waals surface area contributed by atoms with E-state index in [1.165, 1.54) is 0 Å². The Labute approximate surface area is 59.8 Å². The second-order valence-corrected chi connectivity index (χ2v) is 3.84. The average molecular weight is 167 g/mol. The number of hydrogen-bond acceptors (Lipinski definition) is 4. The molecular formula is C4H10NO2PS. The maximum atomic E-state index is 10.1. The maximum absolute atomic E-state index is 10.1. The molecule has 0 saturated carbocycles. The smallest absolute Gasteiger partial charge is 0.182 e. The van der Waals surface area contributed by atoms with Gasteiger partial charge in [0, 0.05) is 12.3 Å². The van der Waals surface area contributed by atoms with Gasteiger partial charge >= 0.3 is 0 Å². The van der Waals surface area contributed by atoms with E-state index in [1.807, 2.05) is 6.92 Å². The third-order valence-electron chi connectivity index (χ3n) is 1.20. The van der Waals surface area contributed by atoms with Crippen molar-refractivity contribution in [1.29, 1.82) is 0 Å². The van der Waals surface area contributed by atoms with Gasteiger partial charge in [-0.2, -0.15) is 0 Å². The first-order valence-corrected chi connectivity index (χ1v) is 4.70. The van der Waals surface area contributed by atoms with Gasteiger partial charge in [0.05, 0.1) is 0 Å².